The number of hydrogen-bond donors (Lipinski definition) is 4. The molecular weight excluding hydrogens is 338 g/mol. The van der Waals surface area contributed by atoms with Crippen LogP contribution >= 0.6 is 0 Å². The van der Waals surface area contributed by atoms with Crippen LogP contribution in [0.15, 0.2) is 34.2 Å². The van der Waals surface area contributed by atoms with Gasteiger partial charge in [0, 0.05) is 5.56 Å². The van der Waals surface area contributed by atoms with Gasteiger partial charge in [-0.15, -0.1) is 0 Å². The zero-order chi connectivity index (χ0) is 18.1. The molecule has 1 heterocycles. The van der Waals surface area contributed by atoms with Crippen LogP contribution in [0.25, 0.3) is 0 Å². The molecule has 2 atom stereocenters. The Morgan fingerprint density at radius 3 is 2.62 bits per heavy atom. The quantitative estimate of drug-likeness (QED) is 0.537. The molecule has 1 aliphatic rings. The maximum atomic E-state index is 12.0. The standard InChI is InChI=1S/C14H17N3O6S/c1-8(12(18)15-7-14(2,21)13(19)20)16-11-9-5-3-4-6-10(9)24(22,23)17-11/h3-6,8,21H,7H2,1-2H3,(H,15,18)(H,16,17)(H,19,20). The van der Waals surface area contributed by atoms with Gasteiger partial charge in [0.05, 0.1) is 11.4 Å². The van der Waals surface area contributed by atoms with Gasteiger partial charge in [0.15, 0.2) is 5.60 Å². The van der Waals surface area contributed by atoms with E-state index in [9.17, 15) is 23.1 Å². The summed E-state index contributed by atoms with van der Waals surface area (Å²) in [5.74, 6) is -2.08. The summed E-state index contributed by atoms with van der Waals surface area (Å²) < 4.78 is 26.2. The molecule has 1 aromatic rings. The Balaban J connectivity index is 2.15. The summed E-state index contributed by atoms with van der Waals surface area (Å²) in [6.45, 7) is 1.97. The minimum Gasteiger partial charge on any atom is -0.479 e. The first-order valence-corrected chi connectivity index (χ1v) is 8.46. The molecular formula is C14H17N3O6S. The van der Waals surface area contributed by atoms with Gasteiger partial charge in [-0.05, 0) is 26.0 Å². The maximum absolute atomic E-state index is 12.0. The number of amides is 1. The minimum absolute atomic E-state index is 0.0400. The second-order valence-electron chi connectivity index (χ2n) is 5.55. The van der Waals surface area contributed by atoms with Gasteiger partial charge in [-0.3, -0.25) is 14.5 Å². The van der Waals surface area contributed by atoms with Gasteiger partial charge in [0.1, 0.15) is 11.9 Å². The zero-order valence-corrected chi connectivity index (χ0v) is 13.8. The number of amidine groups is 1. The Labute approximate surface area is 138 Å². The summed E-state index contributed by atoms with van der Waals surface area (Å²) in [7, 11) is -3.70. The SMILES string of the molecule is CC(N=C1NS(=O)(=O)c2ccccc21)C(=O)NCC(C)(O)C(=O)O. The van der Waals surface area contributed by atoms with E-state index in [1.54, 1.807) is 18.2 Å². The first-order valence-electron chi connectivity index (χ1n) is 6.98. The molecule has 2 unspecified atom stereocenters. The van der Waals surface area contributed by atoms with Crippen LogP contribution in [0, 0.1) is 0 Å². The molecule has 0 saturated carbocycles. The lowest BCUT2D eigenvalue weighted by Crippen LogP contribution is -2.48. The van der Waals surface area contributed by atoms with E-state index in [4.69, 9.17) is 5.11 Å². The fourth-order valence-corrected chi connectivity index (χ4v) is 3.20. The van der Waals surface area contributed by atoms with Crippen LogP contribution in [-0.2, 0) is 19.6 Å². The third-order valence-corrected chi connectivity index (χ3v) is 4.83. The Morgan fingerprint density at radius 2 is 2.00 bits per heavy atom. The van der Waals surface area contributed by atoms with Gasteiger partial charge in [0.2, 0.25) is 5.91 Å². The van der Waals surface area contributed by atoms with Crippen molar-refractivity contribution in [3.05, 3.63) is 29.8 Å². The number of carboxylic acids is 1. The third kappa shape index (κ3) is 3.54. The highest BCUT2D eigenvalue weighted by atomic mass is 32.2. The Bertz CT molecular complexity index is 816. The molecule has 0 radical (unpaired) electrons. The minimum atomic E-state index is -3.70. The number of carbonyl (C=O) groups is 2. The van der Waals surface area contributed by atoms with Gasteiger partial charge in [-0.1, -0.05) is 12.1 Å². The first kappa shape index (κ1) is 17.9. The van der Waals surface area contributed by atoms with Crippen LogP contribution in [-0.4, -0.2) is 54.5 Å². The smallest absolute Gasteiger partial charge is 0.337 e. The highest BCUT2D eigenvalue weighted by Gasteiger charge is 2.33. The van der Waals surface area contributed by atoms with E-state index >= 15 is 0 Å². The first-order chi connectivity index (χ1) is 11.0. The van der Waals surface area contributed by atoms with Crippen molar-refractivity contribution >= 4 is 27.7 Å². The molecule has 0 bridgehead atoms. The molecule has 1 aliphatic heterocycles. The monoisotopic (exact) mass is 355 g/mol. The van der Waals surface area contributed by atoms with Crippen molar-refractivity contribution in [2.75, 3.05) is 6.54 Å². The van der Waals surface area contributed by atoms with E-state index in [1.165, 1.54) is 13.0 Å². The number of nitrogens with one attached hydrogen (secondary N) is 2. The lowest BCUT2D eigenvalue weighted by atomic mass is 10.1. The topological polar surface area (TPSA) is 145 Å². The van der Waals surface area contributed by atoms with Crippen molar-refractivity contribution in [2.24, 2.45) is 4.99 Å². The van der Waals surface area contributed by atoms with Crippen molar-refractivity contribution in [1.82, 2.24) is 10.0 Å². The molecule has 9 nitrogen and oxygen atoms in total. The number of aliphatic imine (C=N–C) groups is 1. The highest BCUT2D eigenvalue weighted by molar-refractivity contribution is 7.90. The van der Waals surface area contributed by atoms with Gasteiger partial charge < -0.3 is 15.5 Å². The van der Waals surface area contributed by atoms with E-state index in [0.717, 1.165) is 6.92 Å². The van der Waals surface area contributed by atoms with Gasteiger partial charge in [-0.2, -0.15) is 0 Å². The summed E-state index contributed by atoms with van der Waals surface area (Å²) in [6.07, 6.45) is 0. The average Bonchev–Trinajstić information content (AvgIpc) is 2.76. The number of fused-ring (bicyclic) bond motifs is 1. The molecule has 4 N–H and O–H groups in total. The van der Waals surface area contributed by atoms with Crippen LogP contribution in [0.4, 0.5) is 0 Å². The number of aliphatic hydroxyl groups is 1. The molecule has 0 aliphatic carbocycles. The maximum Gasteiger partial charge on any atom is 0.337 e. The molecule has 0 fully saturated rings. The van der Waals surface area contributed by atoms with Gasteiger partial charge >= 0.3 is 5.97 Å². The summed E-state index contributed by atoms with van der Waals surface area (Å²) in [6, 6.07) is 5.22. The van der Waals surface area contributed by atoms with Crippen LogP contribution in [0.5, 0.6) is 0 Å². The van der Waals surface area contributed by atoms with Crippen molar-refractivity contribution in [2.45, 2.75) is 30.4 Å². The second-order valence-corrected chi connectivity index (χ2v) is 7.20. The van der Waals surface area contributed by atoms with E-state index in [0.29, 0.717) is 5.56 Å². The summed E-state index contributed by atoms with van der Waals surface area (Å²) >= 11 is 0. The molecule has 24 heavy (non-hydrogen) atoms. The predicted molar refractivity (Wildman–Crippen MR) is 84.0 cm³/mol. The van der Waals surface area contributed by atoms with Gasteiger partial charge in [-0.25, -0.2) is 13.2 Å². The average molecular weight is 355 g/mol. The summed E-state index contributed by atoms with van der Waals surface area (Å²) in [4.78, 5) is 26.9. The Morgan fingerprint density at radius 1 is 1.38 bits per heavy atom. The number of sulfonamides is 1. The zero-order valence-electron chi connectivity index (χ0n) is 13.0. The number of rotatable bonds is 5. The van der Waals surface area contributed by atoms with Crippen LogP contribution in [0.3, 0.4) is 0 Å². The van der Waals surface area contributed by atoms with Crippen LogP contribution < -0.4 is 10.0 Å². The molecule has 2 rings (SSSR count). The number of benzene rings is 1. The molecule has 1 aromatic carbocycles. The van der Waals surface area contributed by atoms with Crippen LogP contribution in [0.2, 0.25) is 0 Å². The van der Waals surface area contributed by atoms with E-state index in [1.807, 2.05) is 0 Å². The van der Waals surface area contributed by atoms with Crippen molar-refractivity contribution in [1.29, 1.82) is 0 Å². The summed E-state index contributed by atoms with van der Waals surface area (Å²) in [5.41, 5.74) is -1.75. The third-order valence-electron chi connectivity index (χ3n) is 3.43. The number of aliphatic carboxylic acids is 1. The van der Waals surface area contributed by atoms with E-state index in [2.05, 4.69) is 15.0 Å². The summed E-state index contributed by atoms with van der Waals surface area (Å²) in [5, 5.41) is 20.6. The fourth-order valence-electron chi connectivity index (χ4n) is 1.96. The second kappa shape index (κ2) is 6.21. The van der Waals surface area contributed by atoms with Crippen molar-refractivity contribution in [3.63, 3.8) is 0 Å². The number of nitrogens with zero attached hydrogens (tertiary/aromatic N) is 1. The molecule has 1 amide bonds. The molecule has 0 saturated heterocycles. The van der Waals surface area contributed by atoms with Crippen LogP contribution in [0.1, 0.15) is 19.4 Å². The Kier molecular flexibility index (Phi) is 4.63. The van der Waals surface area contributed by atoms with Gasteiger partial charge in [0.25, 0.3) is 10.0 Å². The largest absolute Gasteiger partial charge is 0.479 e. The molecule has 0 spiro atoms. The fraction of sp³-hybridized carbons (Fsp3) is 0.357. The van der Waals surface area contributed by atoms with Crippen molar-refractivity contribution in [3.8, 4) is 0 Å². The number of carbonyl (C=O) groups excluding carboxylic acids is 1. The predicted octanol–water partition coefficient (Wildman–Crippen LogP) is -0.935. The van der Waals surface area contributed by atoms with E-state index in [-0.39, 0.29) is 10.7 Å². The van der Waals surface area contributed by atoms with E-state index < -0.39 is 40.1 Å². The number of carboxylic acid groups (broad SMARTS) is 1. The number of hydrogen-bond acceptors (Lipinski definition) is 6. The molecule has 130 valence electrons. The molecule has 10 heteroatoms. The molecule has 0 aromatic heterocycles. The Hall–Kier alpha value is -2.46. The lowest BCUT2D eigenvalue weighted by molar-refractivity contribution is -0.156. The highest BCUT2D eigenvalue weighted by Crippen LogP contribution is 2.22. The lowest BCUT2D eigenvalue weighted by Gasteiger charge is -2.19. The normalized spacial score (nSPS) is 20.5. The van der Waals surface area contributed by atoms with Crippen molar-refractivity contribution < 1.29 is 28.2 Å².